The van der Waals surface area contributed by atoms with Crippen molar-refractivity contribution in [1.29, 1.82) is 0 Å². The van der Waals surface area contributed by atoms with E-state index in [9.17, 15) is 24.7 Å². The van der Waals surface area contributed by atoms with Crippen molar-refractivity contribution in [2.24, 2.45) is 5.11 Å². The van der Waals surface area contributed by atoms with Gasteiger partial charge in [-0.2, -0.15) is 0 Å². The highest BCUT2D eigenvalue weighted by Crippen LogP contribution is 2.32. The highest BCUT2D eigenvalue weighted by atomic mass is 16.7. The van der Waals surface area contributed by atoms with Crippen LogP contribution in [-0.2, 0) is 23.7 Å². The summed E-state index contributed by atoms with van der Waals surface area (Å²) >= 11 is 0. The summed E-state index contributed by atoms with van der Waals surface area (Å²) in [7, 11) is 0. The van der Waals surface area contributed by atoms with Crippen LogP contribution in [0.3, 0.4) is 0 Å². The lowest BCUT2D eigenvalue weighted by atomic mass is 9.97. The topological polar surface area (TPSA) is 163 Å². The quantitative estimate of drug-likeness (QED) is 0.0725. The number of hydrogen-bond donors (Lipinski definition) is 0. The Morgan fingerprint density at radius 1 is 0.565 bits per heavy atom. The lowest BCUT2D eigenvalue weighted by Crippen LogP contribution is -2.62. The first kappa shape index (κ1) is 31.5. The maximum Gasteiger partial charge on any atom is 0.338 e. The molecule has 0 aromatic heterocycles. The zero-order valence-corrected chi connectivity index (χ0v) is 24.2. The summed E-state index contributed by atoms with van der Waals surface area (Å²) in [5.41, 5.74) is 10.1. The van der Waals surface area contributed by atoms with Gasteiger partial charge in [0.1, 0.15) is 12.7 Å². The molecular formula is C34H27N3O9. The molecule has 0 aliphatic carbocycles. The molecule has 12 heteroatoms. The van der Waals surface area contributed by atoms with Crippen LogP contribution in [0.15, 0.2) is 126 Å². The van der Waals surface area contributed by atoms with Crippen molar-refractivity contribution in [3.05, 3.63) is 154 Å². The molecule has 0 bridgehead atoms. The Morgan fingerprint density at radius 3 is 1.35 bits per heavy atom. The van der Waals surface area contributed by atoms with Gasteiger partial charge in [0.15, 0.2) is 24.5 Å². The first-order valence-corrected chi connectivity index (χ1v) is 14.1. The molecular weight excluding hydrogens is 594 g/mol. The number of rotatable bonds is 10. The van der Waals surface area contributed by atoms with E-state index in [1.807, 2.05) is 0 Å². The molecule has 5 rings (SSSR count). The standard InChI is InChI=1S/C34H27N3O9/c35-37-36-30-29(46-34(41)25-19-11-4-12-20-25)28(45-33(40)24-17-9-3-10-18-24)27(44-32(39)23-15-7-2-8-16-23)26(43-30)21-42-31(38)22-13-5-1-6-14-22/h1-20,26-30H,21H2/t26-,27+,28+,29-,30-/m1/s1. The molecule has 1 heterocycles. The summed E-state index contributed by atoms with van der Waals surface area (Å²) < 4.78 is 29.0. The fourth-order valence-corrected chi connectivity index (χ4v) is 4.69. The van der Waals surface area contributed by atoms with Gasteiger partial charge in [0.25, 0.3) is 0 Å². The Hall–Kier alpha value is -5.97. The Labute approximate surface area is 263 Å². The summed E-state index contributed by atoms with van der Waals surface area (Å²) in [5.74, 6) is -3.25. The molecule has 1 aliphatic heterocycles. The van der Waals surface area contributed by atoms with Crippen LogP contribution >= 0.6 is 0 Å². The molecule has 4 aromatic rings. The molecule has 1 aliphatic rings. The molecule has 0 spiro atoms. The van der Waals surface area contributed by atoms with Gasteiger partial charge >= 0.3 is 23.9 Å². The van der Waals surface area contributed by atoms with Crippen LogP contribution in [0.2, 0.25) is 0 Å². The number of ether oxygens (including phenoxy) is 5. The summed E-state index contributed by atoms with van der Waals surface area (Å²) in [5, 5.41) is 3.66. The first-order valence-electron chi connectivity index (χ1n) is 14.1. The van der Waals surface area contributed by atoms with Crippen LogP contribution in [0, 0.1) is 0 Å². The maximum absolute atomic E-state index is 13.4. The summed E-state index contributed by atoms with van der Waals surface area (Å²) in [6, 6.07) is 32.0. The van der Waals surface area contributed by atoms with E-state index < -0.39 is 61.1 Å². The summed E-state index contributed by atoms with van der Waals surface area (Å²) in [6.45, 7) is -0.517. The van der Waals surface area contributed by atoms with E-state index in [0.29, 0.717) is 0 Å². The van der Waals surface area contributed by atoms with Gasteiger partial charge in [-0.25, -0.2) is 19.2 Å². The Bertz CT molecular complexity index is 1700. The predicted octanol–water partition coefficient (Wildman–Crippen LogP) is 5.56. The molecule has 0 radical (unpaired) electrons. The zero-order chi connectivity index (χ0) is 32.3. The van der Waals surface area contributed by atoms with Gasteiger partial charge in [0.2, 0.25) is 0 Å². The fraction of sp³-hybridized carbons (Fsp3) is 0.176. The third-order valence-electron chi connectivity index (χ3n) is 6.92. The predicted molar refractivity (Wildman–Crippen MR) is 161 cm³/mol. The van der Waals surface area contributed by atoms with E-state index in [0.717, 1.165) is 0 Å². The van der Waals surface area contributed by atoms with Gasteiger partial charge in [0.05, 0.1) is 22.3 Å². The van der Waals surface area contributed by atoms with E-state index >= 15 is 0 Å². The van der Waals surface area contributed by atoms with E-state index in [2.05, 4.69) is 10.0 Å². The van der Waals surface area contributed by atoms with E-state index in [1.165, 1.54) is 36.4 Å². The van der Waals surface area contributed by atoms with Crippen LogP contribution in [-0.4, -0.2) is 61.1 Å². The average Bonchev–Trinajstić information content (AvgIpc) is 3.11. The third kappa shape index (κ3) is 7.75. The van der Waals surface area contributed by atoms with Crippen molar-refractivity contribution in [1.82, 2.24) is 0 Å². The molecule has 46 heavy (non-hydrogen) atoms. The molecule has 1 fully saturated rings. The van der Waals surface area contributed by atoms with Crippen LogP contribution in [0.1, 0.15) is 41.4 Å². The number of benzene rings is 4. The second kappa shape index (κ2) is 15.2. The van der Waals surface area contributed by atoms with Crippen molar-refractivity contribution in [3.63, 3.8) is 0 Å². The highest BCUT2D eigenvalue weighted by molar-refractivity contribution is 5.91. The van der Waals surface area contributed by atoms with Crippen molar-refractivity contribution < 1.29 is 42.9 Å². The van der Waals surface area contributed by atoms with Crippen LogP contribution in [0.25, 0.3) is 10.4 Å². The van der Waals surface area contributed by atoms with Gasteiger partial charge in [0, 0.05) is 4.91 Å². The summed E-state index contributed by atoms with van der Waals surface area (Å²) in [4.78, 5) is 55.7. The number of nitrogens with zero attached hydrogens (tertiary/aromatic N) is 3. The molecule has 5 atom stereocenters. The number of esters is 4. The minimum atomic E-state index is -1.59. The number of carbonyl (C=O) groups is 4. The van der Waals surface area contributed by atoms with E-state index in [4.69, 9.17) is 23.7 Å². The number of hydrogen-bond acceptors (Lipinski definition) is 10. The molecule has 1 saturated heterocycles. The Kier molecular flexibility index (Phi) is 10.4. The van der Waals surface area contributed by atoms with Crippen LogP contribution < -0.4 is 0 Å². The fourth-order valence-electron chi connectivity index (χ4n) is 4.69. The molecule has 12 nitrogen and oxygen atoms in total. The largest absolute Gasteiger partial charge is 0.459 e. The third-order valence-corrected chi connectivity index (χ3v) is 6.92. The minimum absolute atomic E-state index is 0.141. The van der Waals surface area contributed by atoms with Crippen molar-refractivity contribution in [3.8, 4) is 0 Å². The van der Waals surface area contributed by atoms with E-state index in [1.54, 1.807) is 84.9 Å². The zero-order valence-electron chi connectivity index (χ0n) is 24.2. The second-order valence-corrected chi connectivity index (χ2v) is 9.94. The van der Waals surface area contributed by atoms with Gasteiger partial charge in [-0.3, -0.25) is 0 Å². The normalized spacial score (nSPS) is 20.3. The smallest absolute Gasteiger partial charge is 0.338 e. The van der Waals surface area contributed by atoms with Crippen LogP contribution in [0.5, 0.6) is 0 Å². The molecule has 0 amide bonds. The SMILES string of the molecule is [N-]=[N+]=N[C@@H]1O[C@H](COC(=O)c2ccccc2)[C@H](OC(=O)c2ccccc2)[C@H](OC(=O)c2ccccc2)[C@H]1OC(=O)c1ccccc1. The number of azide groups is 1. The van der Waals surface area contributed by atoms with Gasteiger partial charge < -0.3 is 23.7 Å². The Morgan fingerprint density at radius 2 is 0.935 bits per heavy atom. The number of carbonyl (C=O) groups excluding carboxylic acids is 4. The average molecular weight is 622 g/mol. The molecule has 0 unspecified atom stereocenters. The second-order valence-electron chi connectivity index (χ2n) is 9.94. The highest BCUT2D eigenvalue weighted by Gasteiger charge is 2.53. The van der Waals surface area contributed by atoms with E-state index in [-0.39, 0.29) is 22.3 Å². The lowest BCUT2D eigenvalue weighted by molar-refractivity contribution is -0.227. The monoisotopic (exact) mass is 621 g/mol. The maximum atomic E-state index is 13.4. The van der Waals surface area contributed by atoms with Crippen LogP contribution in [0.4, 0.5) is 0 Å². The molecule has 4 aromatic carbocycles. The molecule has 0 N–H and O–H groups in total. The van der Waals surface area contributed by atoms with Crippen molar-refractivity contribution in [2.75, 3.05) is 6.61 Å². The molecule has 0 saturated carbocycles. The minimum Gasteiger partial charge on any atom is -0.459 e. The Balaban J connectivity index is 1.53. The molecule has 232 valence electrons. The van der Waals surface area contributed by atoms with Gasteiger partial charge in [-0.15, -0.1) is 0 Å². The van der Waals surface area contributed by atoms with Gasteiger partial charge in [-0.05, 0) is 54.1 Å². The summed E-state index contributed by atoms with van der Waals surface area (Å²) in [6.07, 6.45) is -7.61. The van der Waals surface area contributed by atoms with Crippen molar-refractivity contribution in [2.45, 2.75) is 30.6 Å². The van der Waals surface area contributed by atoms with Gasteiger partial charge in [-0.1, -0.05) is 77.9 Å². The lowest BCUT2D eigenvalue weighted by Gasteiger charge is -2.43. The first-order chi connectivity index (χ1) is 22.4. The van der Waals surface area contributed by atoms with Crippen molar-refractivity contribution >= 4 is 23.9 Å².